The topological polar surface area (TPSA) is 60.7 Å². The molecule has 3 rings (SSSR count). The average Bonchev–Trinajstić information content (AvgIpc) is 3.04. The maximum absolute atomic E-state index is 12.4. The molecular formula is C19H20N4O. The molecule has 0 atom stereocenters. The smallest absolute Gasteiger partial charge is 0.204 e. The van der Waals surface area contributed by atoms with Gasteiger partial charge in [0.1, 0.15) is 6.54 Å². The second-order valence-electron chi connectivity index (χ2n) is 6.21. The van der Waals surface area contributed by atoms with E-state index in [9.17, 15) is 4.79 Å². The molecule has 0 bridgehead atoms. The molecule has 0 fully saturated rings. The summed E-state index contributed by atoms with van der Waals surface area (Å²) in [5.74, 6) is 0.944. The number of Topliss-reactive ketones (excluding diaryl/α,β-unsaturated/α-hetero) is 1. The van der Waals surface area contributed by atoms with Crippen LogP contribution in [0.4, 0.5) is 0 Å². The Kier molecular flexibility index (Phi) is 4.51. The number of aromatic nitrogens is 4. The maximum Gasteiger partial charge on any atom is 0.204 e. The van der Waals surface area contributed by atoms with Crippen LogP contribution in [0, 0.1) is 6.92 Å². The van der Waals surface area contributed by atoms with Gasteiger partial charge in [0.2, 0.25) is 5.82 Å². The van der Waals surface area contributed by atoms with E-state index in [1.165, 1.54) is 15.9 Å². The Morgan fingerprint density at radius 2 is 1.71 bits per heavy atom. The lowest BCUT2D eigenvalue weighted by molar-refractivity contribution is 0.0961. The Morgan fingerprint density at radius 1 is 1.04 bits per heavy atom. The van der Waals surface area contributed by atoms with E-state index >= 15 is 0 Å². The minimum atomic E-state index is -0.0295. The van der Waals surface area contributed by atoms with E-state index in [0.29, 0.717) is 17.3 Å². The lowest BCUT2D eigenvalue weighted by Gasteiger charge is -2.06. The molecule has 5 nitrogen and oxygen atoms in total. The van der Waals surface area contributed by atoms with Crippen LogP contribution in [-0.2, 0) is 6.54 Å². The normalized spacial score (nSPS) is 11.0. The van der Waals surface area contributed by atoms with Crippen molar-refractivity contribution in [3.63, 3.8) is 0 Å². The molecule has 2 aromatic carbocycles. The summed E-state index contributed by atoms with van der Waals surface area (Å²) in [4.78, 5) is 13.7. The third-order valence-electron chi connectivity index (χ3n) is 3.95. The van der Waals surface area contributed by atoms with Gasteiger partial charge in [-0.15, -0.1) is 10.2 Å². The Bertz CT molecular complexity index is 833. The molecule has 0 saturated heterocycles. The van der Waals surface area contributed by atoms with Crippen molar-refractivity contribution >= 4 is 5.78 Å². The molecule has 0 unspecified atom stereocenters. The highest BCUT2D eigenvalue weighted by molar-refractivity contribution is 5.95. The molecular weight excluding hydrogens is 300 g/mol. The first-order chi connectivity index (χ1) is 11.5. The molecule has 0 aliphatic rings. The van der Waals surface area contributed by atoms with Crippen LogP contribution >= 0.6 is 0 Å². The van der Waals surface area contributed by atoms with E-state index < -0.39 is 0 Å². The standard InChI is InChI=1S/C19H20N4O/c1-13(2)15-8-10-16(11-9-15)18(24)12-23-21-19(20-22-23)17-6-4-14(3)5-7-17/h4-11,13H,12H2,1-3H3. The van der Waals surface area contributed by atoms with Gasteiger partial charge in [-0.3, -0.25) is 4.79 Å². The average molecular weight is 320 g/mol. The zero-order chi connectivity index (χ0) is 17.1. The largest absolute Gasteiger partial charge is 0.292 e. The summed E-state index contributed by atoms with van der Waals surface area (Å²) in [7, 11) is 0. The van der Waals surface area contributed by atoms with Gasteiger partial charge in [0.05, 0.1) is 0 Å². The molecule has 0 N–H and O–H groups in total. The van der Waals surface area contributed by atoms with Crippen molar-refractivity contribution in [1.29, 1.82) is 0 Å². The van der Waals surface area contributed by atoms with Gasteiger partial charge >= 0.3 is 0 Å². The van der Waals surface area contributed by atoms with Gasteiger partial charge in [-0.05, 0) is 23.6 Å². The lowest BCUT2D eigenvalue weighted by atomic mass is 10.0. The first-order valence-corrected chi connectivity index (χ1v) is 8.01. The number of aryl methyl sites for hydroxylation is 1. The van der Waals surface area contributed by atoms with Crippen LogP contribution < -0.4 is 0 Å². The first kappa shape index (κ1) is 16.1. The quantitative estimate of drug-likeness (QED) is 0.673. The summed E-state index contributed by atoms with van der Waals surface area (Å²) in [5.41, 5.74) is 3.94. The summed E-state index contributed by atoms with van der Waals surface area (Å²) < 4.78 is 0. The highest BCUT2D eigenvalue weighted by Crippen LogP contribution is 2.16. The van der Waals surface area contributed by atoms with Crippen molar-refractivity contribution < 1.29 is 4.79 Å². The van der Waals surface area contributed by atoms with E-state index in [-0.39, 0.29) is 12.3 Å². The molecule has 3 aromatic rings. The fraction of sp³-hybridized carbons (Fsp3) is 0.263. The lowest BCUT2D eigenvalue weighted by Crippen LogP contribution is -2.13. The SMILES string of the molecule is Cc1ccc(-c2nnn(CC(=O)c3ccc(C(C)C)cc3)n2)cc1. The maximum atomic E-state index is 12.4. The van der Waals surface area contributed by atoms with E-state index in [1.807, 2.05) is 55.5 Å². The minimum absolute atomic E-state index is 0.0295. The number of carbonyl (C=O) groups is 1. The summed E-state index contributed by atoms with van der Waals surface area (Å²) >= 11 is 0. The van der Waals surface area contributed by atoms with Gasteiger partial charge in [-0.1, -0.05) is 67.9 Å². The monoisotopic (exact) mass is 320 g/mol. The Labute approximate surface area is 141 Å². The van der Waals surface area contributed by atoms with Gasteiger partial charge in [-0.2, -0.15) is 4.80 Å². The summed E-state index contributed by atoms with van der Waals surface area (Å²) in [5, 5.41) is 12.3. The molecule has 0 aliphatic heterocycles. The summed E-state index contributed by atoms with van der Waals surface area (Å²) in [6.45, 7) is 6.36. The molecule has 122 valence electrons. The van der Waals surface area contributed by atoms with E-state index in [1.54, 1.807) is 0 Å². The van der Waals surface area contributed by atoms with Gasteiger partial charge in [0.15, 0.2) is 5.78 Å². The fourth-order valence-electron chi connectivity index (χ4n) is 2.40. The number of benzene rings is 2. The van der Waals surface area contributed by atoms with Crippen molar-refractivity contribution in [3.8, 4) is 11.4 Å². The van der Waals surface area contributed by atoms with Crippen molar-refractivity contribution in [2.24, 2.45) is 0 Å². The van der Waals surface area contributed by atoms with Crippen molar-refractivity contribution in [2.75, 3.05) is 0 Å². The van der Waals surface area contributed by atoms with Crippen LogP contribution in [0.25, 0.3) is 11.4 Å². The van der Waals surface area contributed by atoms with Crippen molar-refractivity contribution in [2.45, 2.75) is 33.2 Å². The fourth-order valence-corrected chi connectivity index (χ4v) is 2.40. The number of ketones is 1. The third kappa shape index (κ3) is 3.56. The molecule has 0 spiro atoms. The summed E-state index contributed by atoms with van der Waals surface area (Å²) in [6, 6.07) is 15.6. The zero-order valence-corrected chi connectivity index (χ0v) is 14.1. The number of nitrogens with zero attached hydrogens (tertiary/aromatic N) is 4. The Balaban J connectivity index is 1.72. The zero-order valence-electron chi connectivity index (χ0n) is 14.1. The minimum Gasteiger partial charge on any atom is -0.292 e. The molecule has 24 heavy (non-hydrogen) atoms. The summed E-state index contributed by atoms with van der Waals surface area (Å²) in [6.07, 6.45) is 0. The van der Waals surface area contributed by atoms with E-state index in [2.05, 4.69) is 29.3 Å². The van der Waals surface area contributed by atoms with Crippen LogP contribution in [-0.4, -0.2) is 26.0 Å². The van der Waals surface area contributed by atoms with Crippen molar-refractivity contribution in [3.05, 3.63) is 65.2 Å². The van der Waals surface area contributed by atoms with Crippen LogP contribution in [0.3, 0.4) is 0 Å². The highest BCUT2D eigenvalue weighted by atomic mass is 16.1. The molecule has 5 heteroatoms. The van der Waals surface area contributed by atoms with Gasteiger partial charge in [-0.25, -0.2) is 0 Å². The second-order valence-corrected chi connectivity index (χ2v) is 6.21. The molecule has 0 radical (unpaired) electrons. The van der Waals surface area contributed by atoms with Crippen LogP contribution in [0.2, 0.25) is 0 Å². The van der Waals surface area contributed by atoms with Crippen LogP contribution in [0.15, 0.2) is 48.5 Å². The van der Waals surface area contributed by atoms with Gasteiger partial charge in [0.25, 0.3) is 0 Å². The number of carbonyl (C=O) groups excluding carboxylic acids is 1. The molecule has 0 aliphatic carbocycles. The van der Waals surface area contributed by atoms with E-state index in [0.717, 1.165) is 5.56 Å². The second kappa shape index (κ2) is 6.74. The van der Waals surface area contributed by atoms with E-state index in [4.69, 9.17) is 0 Å². The Hall–Kier alpha value is -2.82. The van der Waals surface area contributed by atoms with Crippen molar-refractivity contribution in [1.82, 2.24) is 20.2 Å². The predicted molar refractivity (Wildman–Crippen MR) is 92.9 cm³/mol. The Morgan fingerprint density at radius 3 is 2.33 bits per heavy atom. The number of hydrogen-bond donors (Lipinski definition) is 0. The van der Waals surface area contributed by atoms with Crippen LogP contribution in [0.1, 0.15) is 41.3 Å². The number of hydrogen-bond acceptors (Lipinski definition) is 4. The molecule has 0 saturated carbocycles. The molecule has 1 aromatic heterocycles. The predicted octanol–water partition coefficient (Wildman–Crippen LogP) is 3.65. The molecule has 1 heterocycles. The third-order valence-corrected chi connectivity index (χ3v) is 3.95. The number of tetrazole rings is 1. The van der Waals surface area contributed by atoms with Gasteiger partial charge < -0.3 is 0 Å². The molecule has 0 amide bonds. The highest BCUT2D eigenvalue weighted by Gasteiger charge is 2.11. The first-order valence-electron chi connectivity index (χ1n) is 8.01. The number of rotatable bonds is 5. The van der Waals surface area contributed by atoms with Gasteiger partial charge in [0, 0.05) is 11.1 Å². The van der Waals surface area contributed by atoms with Crippen LogP contribution in [0.5, 0.6) is 0 Å².